The minimum atomic E-state index is -1.22. The van der Waals surface area contributed by atoms with Gasteiger partial charge in [0.05, 0.1) is 0 Å². The quantitative estimate of drug-likeness (QED) is 0.612. The lowest BCUT2D eigenvalue weighted by Gasteiger charge is -2.15. The van der Waals surface area contributed by atoms with Crippen LogP contribution in [0.15, 0.2) is 0 Å². The van der Waals surface area contributed by atoms with E-state index in [1.165, 1.54) is 7.05 Å². The summed E-state index contributed by atoms with van der Waals surface area (Å²) < 4.78 is 4.58. The first-order chi connectivity index (χ1) is 7.06. The molecule has 7 heteroatoms. The zero-order valence-electron chi connectivity index (χ0n) is 8.23. The van der Waals surface area contributed by atoms with Gasteiger partial charge in [-0.15, -0.1) is 0 Å². The van der Waals surface area contributed by atoms with E-state index in [1.54, 1.807) is 0 Å². The van der Waals surface area contributed by atoms with Crippen LogP contribution in [0.4, 0.5) is 4.79 Å². The number of nitrogens with zero attached hydrogens (tertiary/aromatic N) is 1. The first-order valence-corrected chi connectivity index (χ1v) is 4.43. The Morgan fingerprint density at radius 2 is 2.33 bits per heavy atom. The Kier molecular flexibility index (Phi) is 3.48. The molecule has 0 saturated carbocycles. The molecule has 1 aliphatic heterocycles. The Morgan fingerprint density at radius 3 is 2.87 bits per heavy atom. The topological polar surface area (TPSA) is 95.9 Å². The molecule has 0 aromatic heterocycles. The van der Waals surface area contributed by atoms with Gasteiger partial charge in [-0.1, -0.05) is 0 Å². The van der Waals surface area contributed by atoms with Crippen LogP contribution in [0, 0.1) is 0 Å². The molecule has 2 N–H and O–H groups in total. The summed E-state index contributed by atoms with van der Waals surface area (Å²) in [6, 6.07) is -0.861. The number of hydrogen-bond donors (Lipinski definition) is 2. The van der Waals surface area contributed by atoms with E-state index in [4.69, 9.17) is 5.11 Å². The molecule has 1 aliphatic rings. The Bertz CT molecular complexity index is 291. The summed E-state index contributed by atoms with van der Waals surface area (Å²) in [4.78, 5) is 33.6. The van der Waals surface area contributed by atoms with E-state index in [0.29, 0.717) is 0 Å². The lowest BCUT2D eigenvalue weighted by Crippen LogP contribution is -2.38. The molecule has 15 heavy (non-hydrogen) atoms. The zero-order valence-corrected chi connectivity index (χ0v) is 8.23. The van der Waals surface area contributed by atoms with Crippen molar-refractivity contribution in [3.8, 4) is 0 Å². The van der Waals surface area contributed by atoms with Crippen molar-refractivity contribution in [1.82, 2.24) is 10.2 Å². The van der Waals surface area contributed by atoms with Crippen molar-refractivity contribution in [3.63, 3.8) is 0 Å². The van der Waals surface area contributed by atoms with Crippen molar-refractivity contribution in [2.75, 3.05) is 13.8 Å². The average Bonchev–Trinajstić information content (AvgIpc) is 2.56. The highest BCUT2D eigenvalue weighted by atomic mass is 16.6. The molecule has 0 aromatic carbocycles. The van der Waals surface area contributed by atoms with Crippen molar-refractivity contribution < 1.29 is 24.2 Å². The Hall–Kier alpha value is -1.79. The fourth-order valence-corrected chi connectivity index (χ4v) is 1.30. The van der Waals surface area contributed by atoms with Crippen LogP contribution < -0.4 is 5.32 Å². The summed E-state index contributed by atoms with van der Waals surface area (Å²) in [5.74, 6) is -0.832. The third-order valence-corrected chi connectivity index (χ3v) is 2.16. The monoisotopic (exact) mass is 216 g/mol. The fraction of sp³-hybridized carbons (Fsp3) is 0.625. The van der Waals surface area contributed by atoms with Gasteiger partial charge in [-0.25, -0.2) is 9.59 Å². The number of nitrogens with one attached hydrogen (secondary N) is 1. The van der Waals surface area contributed by atoms with E-state index < -0.39 is 18.1 Å². The Balaban J connectivity index is 2.53. The standard InChI is InChI=1S/C8H12N2O5/c1-9-6(11)3-2-5-7(12)15-4-10(5)8(13)14/h5H,2-4H2,1H3,(H,9,11)(H,13,14). The van der Waals surface area contributed by atoms with Gasteiger partial charge in [0.25, 0.3) is 0 Å². The number of rotatable bonds is 3. The van der Waals surface area contributed by atoms with Gasteiger partial charge in [-0.2, -0.15) is 0 Å². The van der Waals surface area contributed by atoms with Gasteiger partial charge < -0.3 is 15.2 Å². The maximum Gasteiger partial charge on any atom is 0.410 e. The second-order valence-electron chi connectivity index (χ2n) is 3.07. The third kappa shape index (κ3) is 2.58. The zero-order chi connectivity index (χ0) is 11.4. The molecule has 1 unspecified atom stereocenters. The first kappa shape index (κ1) is 11.3. The summed E-state index contributed by atoms with van der Waals surface area (Å²) in [5.41, 5.74) is 0. The molecule has 0 radical (unpaired) electrons. The maximum atomic E-state index is 11.1. The summed E-state index contributed by atoms with van der Waals surface area (Å²) in [7, 11) is 1.48. The maximum absolute atomic E-state index is 11.1. The van der Waals surface area contributed by atoms with Gasteiger partial charge in [0.1, 0.15) is 6.04 Å². The highest BCUT2D eigenvalue weighted by molar-refractivity contribution is 5.84. The first-order valence-electron chi connectivity index (χ1n) is 4.43. The van der Waals surface area contributed by atoms with Crippen LogP contribution in [0.3, 0.4) is 0 Å². The molecule has 0 aromatic rings. The van der Waals surface area contributed by atoms with Crippen LogP contribution in [0.5, 0.6) is 0 Å². The highest BCUT2D eigenvalue weighted by Crippen LogP contribution is 2.16. The van der Waals surface area contributed by atoms with Gasteiger partial charge >= 0.3 is 12.1 Å². The van der Waals surface area contributed by atoms with Crippen LogP contribution >= 0.6 is 0 Å². The SMILES string of the molecule is CNC(=O)CCC1C(=O)OCN1C(=O)O. The summed E-state index contributed by atoms with van der Waals surface area (Å²) in [6.07, 6.45) is -0.979. The molecule has 1 fully saturated rings. The Labute approximate surface area is 86.0 Å². The van der Waals surface area contributed by atoms with Gasteiger partial charge in [-0.05, 0) is 6.42 Å². The number of cyclic esters (lactones) is 1. The lowest BCUT2D eigenvalue weighted by atomic mass is 10.1. The fourth-order valence-electron chi connectivity index (χ4n) is 1.30. The minimum absolute atomic E-state index is 0.0973. The van der Waals surface area contributed by atoms with E-state index in [2.05, 4.69) is 10.1 Å². The van der Waals surface area contributed by atoms with Crippen molar-refractivity contribution in [2.45, 2.75) is 18.9 Å². The van der Waals surface area contributed by atoms with Crippen molar-refractivity contribution in [3.05, 3.63) is 0 Å². The van der Waals surface area contributed by atoms with Crippen LogP contribution in [0.25, 0.3) is 0 Å². The molecule has 1 heterocycles. The molecule has 0 bridgehead atoms. The molecule has 0 spiro atoms. The summed E-state index contributed by atoms with van der Waals surface area (Å²) in [5, 5.41) is 11.1. The number of amides is 2. The van der Waals surface area contributed by atoms with E-state index in [1.807, 2.05) is 0 Å². The highest BCUT2D eigenvalue weighted by Gasteiger charge is 2.37. The molecule has 7 nitrogen and oxygen atoms in total. The number of carbonyl (C=O) groups excluding carboxylic acids is 2. The van der Waals surface area contributed by atoms with E-state index >= 15 is 0 Å². The molecule has 1 rings (SSSR count). The van der Waals surface area contributed by atoms with Crippen LogP contribution in [0.1, 0.15) is 12.8 Å². The van der Waals surface area contributed by atoms with Crippen LogP contribution in [0.2, 0.25) is 0 Å². The van der Waals surface area contributed by atoms with Crippen molar-refractivity contribution >= 4 is 18.0 Å². The second kappa shape index (κ2) is 4.63. The molecule has 2 amide bonds. The summed E-state index contributed by atoms with van der Waals surface area (Å²) in [6.45, 7) is -0.257. The predicted octanol–water partition coefficient (Wildman–Crippen LogP) is -0.624. The van der Waals surface area contributed by atoms with Crippen molar-refractivity contribution in [1.29, 1.82) is 0 Å². The normalized spacial score (nSPS) is 19.9. The molecule has 1 saturated heterocycles. The number of esters is 1. The molecular formula is C8H12N2O5. The van der Waals surface area contributed by atoms with Gasteiger partial charge in [-0.3, -0.25) is 9.69 Å². The number of ether oxygens (including phenoxy) is 1. The number of carbonyl (C=O) groups is 3. The third-order valence-electron chi connectivity index (χ3n) is 2.16. The molecule has 1 atom stereocenters. The Morgan fingerprint density at radius 1 is 1.67 bits per heavy atom. The summed E-state index contributed by atoms with van der Waals surface area (Å²) >= 11 is 0. The van der Waals surface area contributed by atoms with Gasteiger partial charge in [0.2, 0.25) is 5.91 Å². The average molecular weight is 216 g/mol. The lowest BCUT2D eigenvalue weighted by molar-refractivity contribution is -0.139. The van der Waals surface area contributed by atoms with Crippen molar-refractivity contribution in [2.24, 2.45) is 0 Å². The minimum Gasteiger partial charge on any atom is -0.465 e. The van der Waals surface area contributed by atoms with Crippen LogP contribution in [-0.2, 0) is 14.3 Å². The largest absolute Gasteiger partial charge is 0.465 e. The number of carboxylic acid groups (broad SMARTS) is 1. The molecule has 0 aliphatic carbocycles. The molecule has 84 valence electrons. The number of hydrogen-bond acceptors (Lipinski definition) is 4. The molecular weight excluding hydrogens is 204 g/mol. The smallest absolute Gasteiger partial charge is 0.410 e. The van der Waals surface area contributed by atoms with E-state index in [0.717, 1.165) is 4.90 Å². The van der Waals surface area contributed by atoms with Gasteiger partial charge in [0.15, 0.2) is 6.73 Å². The van der Waals surface area contributed by atoms with Crippen LogP contribution in [-0.4, -0.2) is 47.8 Å². The van der Waals surface area contributed by atoms with Gasteiger partial charge in [0, 0.05) is 13.5 Å². The van der Waals surface area contributed by atoms with E-state index in [9.17, 15) is 14.4 Å². The second-order valence-corrected chi connectivity index (χ2v) is 3.07. The van der Waals surface area contributed by atoms with E-state index in [-0.39, 0.29) is 25.5 Å². The predicted molar refractivity (Wildman–Crippen MR) is 47.9 cm³/mol.